The summed E-state index contributed by atoms with van der Waals surface area (Å²) < 4.78 is 5.90. The summed E-state index contributed by atoms with van der Waals surface area (Å²) in [5.74, 6) is 5.32. The lowest BCUT2D eigenvalue weighted by atomic mass is 9.82. The van der Waals surface area contributed by atoms with E-state index in [-0.39, 0.29) is 30.3 Å². The molecule has 0 bridgehead atoms. The van der Waals surface area contributed by atoms with Crippen molar-refractivity contribution in [1.82, 2.24) is 5.32 Å². The number of nitrogens with one attached hydrogen (secondary N) is 1. The number of carbonyl (C=O) groups excluding carboxylic acids is 3. The first kappa shape index (κ1) is 25.3. The van der Waals surface area contributed by atoms with Crippen LogP contribution in [0.25, 0.3) is 0 Å². The fourth-order valence-electron chi connectivity index (χ4n) is 2.36. The van der Waals surface area contributed by atoms with Gasteiger partial charge in [-0.3, -0.25) is 14.4 Å². The zero-order valence-corrected chi connectivity index (χ0v) is 18.2. The highest BCUT2D eigenvalue weighted by Crippen LogP contribution is 2.26. The molecule has 0 saturated carbocycles. The molecule has 154 valence electrons. The van der Waals surface area contributed by atoms with Crippen molar-refractivity contribution in [2.24, 2.45) is 11.3 Å². The lowest BCUT2D eigenvalue weighted by Crippen LogP contribution is -2.41. The van der Waals surface area contributed by atoms with Gasteiger partial charge in [0.25, 0.3) is 0 Å². The van der Waals surface area contributed by atoms with Crippen LogP contribution in [-0.2, 0) is 19.1 Å². The Morgan fingerprint density at radius 1 is 1.04 bits per heavy atom. The van der Waals surface area contributed by atoms with Gasteiger partial charge in [0.05, 0.1) is 5.60 Å². The van der Waals surface area contributed by atoms with Crippen molar-refractivity contribution in [3.63, 3.8) is 0 Å². The molecular weight excluding hydrogens is 342 g/mol. The van der Waals surface area contributed by atoms with E-state index >= 15 is 0 Å². The van der Waals surface area contributed by atoms with Crippen molar-refractivity contribution in [3.8, 4) is 11.8 Å². The fraction of sp³-hybridized carbons (Fsp3) is 0.773. The molecule has 5 nitrogen and oxygen atoms in total. The quantitative estimate of drug-likeness (QED) is 0.391. The molecule has 0 aliphatic carbocycles. The van der Waals surface area contributed by atoms with Crippen LogP contribution in [0.3, 0.4) is 0 Å². The second-order valence-corrected chi connectivity index (χ2v) is 8.67. The van der Waals surface area contributed by atoms with Crippen LogP contribution in [0.1, 0.15) is 80.6 Å². The van der Waals surface area contributed by atoms with Gasteiger partial charge in [-0.05, 0) is 45.5 Å². The van der Waals surface area contributed by atoms with Gasteiger partial charge < -0.3 is 10.1 Å². The number of Topliss-reactive ketones (excluding diaryl/α,β-unsaturated/α-hetero) is 2. The summed E-state index contributed by atoms with van der Waals surface area (Å²) in [6, 6.07) is 0. The summed E-state index contributed by atoms with van der Waals surface area (Å²) in [5, 5.41) is 2.79. The van der Waals surface area contributed by atoms with E-state index < -0.39 is 11.0 Å². The van der Waals surface area contributed by atoms with Gasteiger partial charge in [-0.1, -0.05) is 33.6 Å². The second-order valence-electron chi connectivity index (χ2n) is 8.67. The fourth-order valence-corrected chi connectivity index (χ4v) is 2.36. The van der Waals surface area contributed by atoms with Crippen molar-refractivity contribution in [1.29, 1.82) is 0 Å². The van der Waals surface area contributed by atoms with Gasteiger partial charge in [-0.25, -0.2) is 0 Å². The van der Waals surface area contributed by atoms with Crippen LogP contribution in [0.4, 0.5) is 0 Å². The number of amides is 1. The molecule has 0 heterocycles. The maximum Gasteiger partial charge on any atom is 0.220 e. The Balaban J connectivity index is 4.24. The van der Waals surface area contributed by atoms with Crippen molar-refractivity contribution in [2.45, 2.75) is 86.2 Å². The molecule has 0 unspecified atom stereocenters. The highest BCUT2D eigenvalue weighted by atomic mass is 16.5. The molecule has 0 fully saturated rings. The van der Waals surface area contributed by atoms with Crippen molar-refractivity contribution in [2.75, 3.05) is 13.2 Å². The number of carbonyl (C=O) groups is 3. The minimum absolute atomic E-state index is 0.126. The topological polar surface area (TPSA) is 72.5 Å². The number of hydrogen-bond donors (Lipinski definition) is 1. The average Bonchev–Trinajstić information content (AvgIpc) is 2.55. The van der Waals surface area contributed by atoms with E-state index in [4.69, 9.17) is 4.74 Å². The van der Waals surface area contributed by atoms with Gasteiger partial charge in [0.15, 0.2) is 0 Å². The molecule has 0 aliphatic heterocycles. The molecule has 0 aromatic carbocycles. The number of hydrogen-bond acceptors (Lipinski definition) is 4. The van der Waals surface area contributed by atoms with Crippen LogP contribution in [0.5, 0.6) is 0 Å². The predicted molar refractivity (Wildman–Crippen MR) is 108 cm³/mol. The summed E-state index contributed by atoms with van der Waals surface area (Å²) in [6.45, 7) is 14.4. The van der Waals surface area contributed by atoms with E-state index in [1.54, 1.807) is 6.92 Å². The monoisotopic (exact) mass is 379 g/mol. The Bertz CT molecular complexity index is 565. The highest BCUT2D eigenvalue weighted by molar-refractivity contribution is 5.97. The molecule has 0 saturated heterocycles. The van der Waals surface area contributed by atoms with E-state index in [2.05, 4.69) is 31.0 Å². The van der Waals surface area contributed by atoms with Crippen molar-refractivity contribution in [3.05, 3.63) is 0 Å². The SMILES string of the molecule is CC#CC(=O)CCC(=O)NCC(C)(C)OCCC(C)(C)C(=O)CCC(C)C. The second kappa shape index (κ2) is 11.9. The molecule has 0 atom stereocenters. The minimum atomic E-state index is -0.542. The lowest BCUT2D eigenvalue weighted by molar-refractivity contribution is -0.129. The van der Waals surface area contributed by atoms with E-state index in [0.29, 0.717) is 31.9 Å². The molecule has 27 heavy (non-hydrogen) atoms. The van der Waals surface area contributed by atoms with E-state index in [0.717, 1.165) is 6.42 Å². The van der Waals surface area contributed by atoms with Crippen molar-refractivity contribution < 1.29 is 19.1 Å². The molecule has 0 aromatic rings. The maximum atomic E-state index is 12.4. The zero-order valence-electron chi connectivity index (χ0n) is 18.2. The number of ketones is 2. The summed E-state index contributed by atoms with van der Waals surface area (Å²) in [6.07, 6.45) is 2.41. The molecular formula is C22H37NO4. The summed E-state index contributed by atoms with van der Waals surface area (Å²) >= 11 is 0. The largest absolute Gasteiger partial charge is 0.374 e. The lowest BCUT2D eigenvalue weighted by Gasteiger charge is -2.29. The third-order valence-corrected chi connectivity index (χ3v) is 4.48. The summed E-state index contributed by atoms with van der Waals surface area (Å²) in [5.41, 5.74) is -0.950. The van der Waals surface area contributed by atoms with Crippen LogP contribution >= 0.6 is 0 Å². The molecule has 0 radical (unpaired) electrons. The minimum Gasteiger partial charge on any atom is -0.374 e. The Morgan fingerprint density at radius 2 is 1.67 bits per heavy atom. The molecule has 0 aromatic heterocycles. The molecule has 1 amide bonds. The van der Waals surface area contributed by atoms with Gasteiger partial charge >= 0.3 is 0 Å². The summed E-state index contributed by atoms with van der Waals surface area (Å²) in [4.78, 5) is 35.5. The van der Waals surface area contributed by atoms with Crippen molar-refractivity contribution >= 4 is 17.5 Å². The van der Waals surface area contributed by atoms with Gasteiger partial charge in [-0.15, -0.1) is 0 Å². The number of ether oxygens (including phenoxy) is 1. The molecule has 5 heteroatoms. The van der Waals surface area contributed by atoms with Crippen LogP contribution in [-0.4, -0.2) is 36.2 Å². The Labute approximate surface area is 165 Å². The van der Waals surface area contributed by atoms with Gasteiger partial charge in [0, 0.05) is 37.8 Å². The first-order valence-electron chi connectivity index (χ1n) is 9.79. The van der Waals surface area contributed by atoms with Crippen LogP contribution in [0, 0.1) is 23.2 Å². The third-order valence-electron chi connectivity index (χ3n) is 4.48. The van der Waals surface area contributed by atoms with Crippen LogP contribution in [0.2, 0.25) is 0 Å². The van der Waals surface area contributed by atoms with Crippen LogP contribution in [0.15, 0.2) is 0 Å². The maximum absolute atomic E-state index is 12.4. The van der Waals surface area contributed by atoms with E-state index in [1.807, 2.05) is 27.7 Å². The predicted octanol–water partition coefficient (Wildman–Crippen LogP) is 3.69. The van der Waals surface area contributed by atoms with Gasteiger partial charge in [-0.2, -0.15) is 0 Å². The first-order valence-corrected chi connectivity index (χ1v) is 9.79. The Hall–Kier alpha value is -1.67. The standard InChI is InChI=1S/C22H37NO4/c1-8-9-18(24)11-13-20(26)23-16-22(6,7)27-15-14-21(4,5)19(25)12-10-17(2)3/h17H,10-16H2,1-7H3,(H,23,26). The number of rotatable bonds is 13. The summed E-state index contributed by atoms with van der Waals surface area (Å²) in [7, 11) is 0. The molecule has 0 spiro atoms. The van der Waals surface area contributed by atoms with E-state index in [1.165, 1.54) is 0 Å². The highest BCUT2D eigenvalue weighted by Gasteiger charge is 2.28. The van der Waals surface area contributed by atoms with Crippen LogP contribution < -0.4 is 5.32 Å². The first-order chi connectivity index (χ1) is 12.4. The third kappa shape index (κ3) is 12.4. The zero-order chi connectivity index (χ0) is 21.1. The molecule has 0 rings (SSSR count). The molecule has 0 aliphatic rings. The normalized spacial score (nSPS) is 11.7. The average molecular weight is 380 g/mol. The van der Waals surface area contributed by atoms with E-state index in [9.17, 15) is 14.4 Å². The Kier molecular flexibility index (Phi) is 11.2. The molecule has 1 N–H and O–H groups in total. The van der Waals surface area contributed by atoms with Gasteiger partial charge in [0.2, 0.25) is 11.7 Å². The Morgan fingerprint density at radius 3 is 2.22 bits per heavy atom. The van der Waals surface area contributed by atoms with Gasteiger partial charge in [0.1, 0.15) is 5.78 Å². The smallest absolute Gasteiger partial charge is 0.220 e.